The van der Waals surface area contributed by atoms with Crippen LogP contribution in [0, 0.1) is 5.41 Å². The van der Waals surface area contributed by atoms with Gasteiger partial charge in [0.15, 0.2) is 0 Å². The quantitative estimate of drug-likeness (QED) is 0.771. The molecule has 1 aromatic rings. The zero-order valence-electron chi connectivity index (χ0n) is 13.9. The van der Waals surface area contributed by atoms with Crippen LogP contribution in [0.2, 0.25) is 0 Å². The van der Waals surface area contributed by atoms with Crippen molar-refractivity contribution in [2.45, 2.75) is 33.2 Å². The number of hydrogen-bond donors (Lipinski definition) is 0. The summed E-state index contributed by atoms with van der Waals surface area (Å²) < 4.78 is 12.4. The number of carbonyl (C=O) groups excluding carboxylic acids is 1. The van der Waals surface area contributed by atoms with Gasteiger partial charge in [-0.25, -0.2) is 0 Å². The lowest BCUT2D eigenvalue weighted by Gasteiger charge is -2.38. The summed E-state index contributed by atoms with van der Waals surface area (Å²) in [5.74, 6) is -0.0167. The first-order chi connectivity index (χ1) is 10.6. The Bertz CT molecular complexity index is 481. The molecule has 0 N–H and O–H groups in total. The molecule has 0 aliphatic carbocycles. The molecule has 0 bridgehead atoms. The van der Waals surface area contributed by atoms with E-state index < -0.39 is 0 Å². The van der Waals surface area contributed by atoms with Gasteiger partial charge in [-0.3, -0.25) is 9.48 Å². The minimum absolute atomic E-state index is 0.0167. The molecule has 1 fully saturated rings. The number of carbonyl (C=O) groups is 1. The van der Waals surface area contributed by atoms with Crippen LogP contribution >= 0.6 is 0 Å². The highest BCUT2D eigenvalue weighted by Gasteiger charge is 2.32. The van der Waals surface area contributed by atoms with Crippen LogP contribution in [0.3, 0.4) is 0 Å². The zero-order chi connectivity index (χ0) is 16.0. The smallest absolute Gasteiger partial charge is 0.274 e. The Hall–Kier alpha value is -1.40. The summed E-state index contributed by atoms with van der Waals surface area (Å²) in [5, 5.41) is 4.33. The van der Waals surface area contributed by atoms with Crippen LogP contribution in [0.1, 0.15) is 37.2 Å². The summed E-state index contributed by atoms with van der Waals surface area (Å²) >= 11 is 0. The Balaban J connectivity index is 2.08. The van der Waals surface area contributed by atoms with Gasteiger partial charge >= 0.3 is 0 Å². The Morgan fingerprint density at radius 3 is 2.82 bits per heavy atom. The summed E-state index contributed by atoms with van der Waals surface area (Å²) in [6.07, 6.45) is 3.80. The van der Waals surface area contributed by atoms with Gasteiger partial charge in [0.2, 0.25) is 0 Å². The first-order valence-electron chi connectivity index (χ1n) is 7.97. The summed E-state index contributed by atoms with van der Waals surface area (Å²) in [6, 6.07) is 1.79. The fraction of sp³-hybridized carbons (Fsp3) is 0.750. The van der Waals surface area contributed by atoms with Crippen LogP contribution in [-0.2, 0) is 16.0 Å². The van der Waals surface area contributed by atoms with Gasteiger partial charge < -0.3 is 14.4 Å². The molecule has 0 aromatic carbocycles. The minimum atomic E-state index is -0.0167. The van der Waals surface area contributed by atoms with Crippen LogP contribution in [0.25, 0.3) is 0 Å². The lowest BCUT2D eigenvalue weighted by atomic mass is 9.82. The van der Waals surface area contributed by atoms with Crippen molar-refractivity contribution in [3.8, 4) is 0 Å². The molecule has 6 nitrogen and oxygen atoms in total. The standard InChI is InChI=1S/C16H27N3O3/c1-4-19-8-5-14(17-19)15(20)18(9-12-21-3)13-16(2)6-10-22-11-7-16/h5,8H,4,6-7,9-13H2,1-3H3. The highest BCUT2D eigenvalue weighted by Crippen LogP contribution is 2.31. The number of methoxy groups -OCH3 is 1. The maximum atomic E-state index is 12.8. The van der Waals surface area contributed by atoms with Crippen molar-refractivity contribution < 1.29 is 14.3 Å². The van der Waals surface area contributed by atoms with E-state index in [2.05, 4.69) is 12.0 Å². The number of nitrogens with zero attached hydrogens (tertiary/aromatic N) is 3. The van der Waals surface area contributed by atoms with Gasteiger partial charge in [-0.15, -0.1) is 0 Å². The monoisotopic (exact) mass is 309 g/mol. The average Bonchev–Trinajstić information content (AvgIpc) is 3.00. The second-order valence-corrected chi connectivity index (χ2v) is 6.20. The van der Waals surface area contributed by atoms with Crippen LogP contribution < -0.4 is 0 Å². The lowest BCUT2D eigenvalue weighted by Crippen LogP contribution is -2.44. The molecule has 2 rings (SSSR count). The lowest BCUT2D eigenvalue weighted by molar-refractivity contribution is 0.00259. The molecule has 1 aliphatic rings. The van der Waals surface area contributed by atoms with E-state index in [1.54, 1.807) is 17.9 Å². The number of amides is 1. The normalized spacial score (nSPS) is 17.4. The molecule has 2 heterocycles. The number of rotatable bonds is 7. The van der Waals surface area contributed by atoms with E-state index in [0.717, 1.165) is 39.1 Å². The Morgan fingerprint density at radius 2 is 2.23 bits per heavy atom. The fourth-order valence-corrected chi connectivity index (χ4v) is 2.75. The highest BCUT2D eigenvalue weighted by atomic mass is 16.5. The first-order valence-corrected chi connectivity index (χ1v) is 7.97. The second kappa shape index (κ2) is 7.74. The van der Waals surface area contributed by atoms with Gasteiger partial charge in [0.05, 0.1) is 6.61 Å². The Morgan fingerprint density at radius 1 is 1.50 bits per heavy atom. The average molecular weight is 309 g/mol. The SMILES string of the molecule is CCn1ccc(C(=O)N(CCOC)CC2(C)CCOCC2)n1. The van der Waals surface area contributed by atoms with Crippen molar-refractivity contribution in [1.29, 1.82) is 0 Å². The molecule has 124 valence electrons. The molecule has 1 amide bonds. The molecule has 1 saturated heterocycles. The van der Waals surface area contributed by atoms with Crippen molar-refractivity contribution in [1.82, 2.24) is 14.7 Å². The molecule has 1 aliphatic heterocycles. The Labute approximate surface area is 132 Å². The number of ether oxygens (including phenoxy) is 2. The number of aromatic nitrogens is 2. The maximum Gasteiger partial charge on any atom is 0.274 e. The molecule has 0 spiro atoms. The van der Waals surface area contributed by atoms with E-state index in [9.17, 15) is 4.79 Å². The molecule has 0 unspecified atom stereocenters. The van der Waals surface area contributed by atoms with Crippen molar-refractivity contribution in [2.75, 3.05) is 40.0 Å². The van der Waals surface area contributed by atoms with E-state index in [0.29, 0.717) is 18.8 Å². The van der Waals surface area contributed by atoms with Crippen LogP contribution in [-0.4, -0.2) is 60.6 Å². The predicted octanol–water partition coefficient (Wildman–Crippen LogP) is 1.81. The van der Waals surface area contributed by atoms with Crippen molar-refractivity contribution in [3.05, 3.63) is 18.0 Å². The van der Waals surface area contributed by atoms with Gasteiger partial charge in [0.25, 0.3) is 5.91 Å². The molecular weight excluding hydrogens is 282 g/mol. The number of aryl methyl sites for hydroxylation is 1. The predicted molar refractivity (Wildman–Crippen MR) is 83.8 cm³/mol. The molecule has 0 saturated carbocycles. The zero-order valence-corrected chi connectivity index (χ0v) is 13.9. The van der Waals surface area contributed by atoms with Gasteiger partial charge in [-0.2, -0.15) is 5.10 Å². The van der Waals surface area contributed by atoms with E-state index in [1.807, 2.05) is 18.0 Å². The van der Waals surface area contributed by atoms with E-state index in [4.69, 9.17) is 9.47 Å². The van der Waals surface area contributed by atoms with E-state index >= 15 is 0 Å². The van der Waals surface area contributed by atoms with E-state index in [1.165, 1.54) is 0 Å². The second-order valence-electron chi connectivity index (χ2n) is 6.20. The van der Waals surface area contributed by atoms with Gasteiger partial charge in [0.1, 0.15) is 5.69 Å². The van der Waals surface area contributed by atoms with Crippen molar-refractivity contribution in [2.24, 2.45) is 5.41 Å². The first kappa shape index (κ1) is 17.0. The summed E-state index contributed by atoms with van der Waals surface area (Å²) in [6.45, 7) is 8.39. The third-order valence-electron chi connectivity index (χ3n) is 4.31. The van der Waals surface area contributed by atoms with Crippen LogP contribution in [0.15, 0.2) is 12.3 Å². The van der Waals surface area contributed by atoms with Crippen LogP contribution in [0.5, 0.6) is 0 Å². The summed E-state index contributed by atoms with van der Waals surface area (Å²) in [7, 11) is 1.66. The highest BCUT2D eigenvalue weighted by molar-refractivity contribution is 5.92. The molecule has 6 heteroatoms. The Kier molecular flexibility index (Phi) is 5.97. The maximum absolute atomic E-state index is 12.8. The molecular formula is C16H27N3O3. The molecule has 0 atom stereocenters. The third-order valence-corrected chi connectivity index (χ3v) is 4.31. The third kappa shape index (κ3) is 4.30. The molecule has 0 radical (unpaired) electrons. The van der Waals surface area contributed by atoms with Gasteiger partial charge in [0, 0.05) is 46.2 Å². The molecule has 22 heavy (non-hydrogen) atoms. The minimum Gasteiger partial charge on any atom is -0.383 e. The van der Waals surface area contributed by atoms with Gasteiger partial charge in [-0.05, 0) is 31.2 Å². The van der Waals surface area contributed by atoms with Crippen molar-refractivity contribution >= 4 is 5.91 Å². The topological polar surface area (TPSA) is 56.6 Å². The van der Waals surface area contributed by atoms with Crippen molar-refractivity contribution in [3.63, 3.8) is 0 Å². The van der Waals surface area contributed by atoms with E-state index in [-0.39, 0.29) is 11.3 Å². The largest absolute Gasteiger partial charge is 0.383 e. The number of hydrogen-bond acceptors (Lipinski definition) is 4. The summed E-state index contributed by atoms with van der Waals surface area (Å²) in [5.41, 5.74) is 0.614. The van der Waals surface area contributed by atoms with Crippen LogP contribution in [0.4, 0.5) is 0 Å². The molecule has 1 aromatic heterocycles. The fourth-order valence-electron chi connectivity index (χ4n) is 2.75. The summed E-state index contributed by atoms with van der Waals surface area (Å²) in [4.78, 5) is 14.6. The van der Waals surface area contributed by atoms with Gasteiger partial charge in [-0.1, -0.05) is 6.92 Å².